The van der Waals surface area contributed by atoms with Crippen LogP contribution in [0.4, 0.5) is 0 Å². The van der Waals surface area contributed by atoms with E-state index in [0.29, 0.717) is 23.0 Å². The van der Waals surface area contributed by atoms with Gasteiger partial charge in [-0.3, -0.25) is 14.2 Å². The fourth-order valence-corrected chi connectivity index (χ4v) is 6.52. The first-order valence-electron chi connectivity index (χ1n) is 10.5. The molecule has 0 bridgehead atoms. The summed E-state index contributed by atoms with van der Waals surface area (Å²) in [6.07, 6.45) is 3.05. The zero-order valence-corrected chi connectivity index (χ0v) is 20.0. The number of thiophene rings is 2. The number of carbonyl (C=O) groups excluding carboxylic acids is 1. The summed E-state index contributed by atoms with van der Waals surface area (Å²) in [6, 6.07) is 4.05. The van der Waals surface area contributed by atoms with Crippen LogP contribution in [0.3, 0.4) is 0 Å². The third-order valence-corrected chi connectivity index (χ3v) is 8.28. The Bertz CT molecular complexity index is 1080. The molecule has 4 rings (SSSR count). The van der Waals surface area contributed by atoms with E-state index in [1.807, 2.05) is 34.7 Å². The van der Waals surface area contributed by atoms with Crippen molar-refractivity contribution in [2.45, 2.75) is 57.0 Å². The summed E-state index contributed by atoms with van der Waals surface area (Å²) < 4.78 is 1.80. The second kappa shape index (κ2) is 9.24. The lowest BCUT2D eigenvalue weighted by atomic mass is 10.1. The number of hydrogen-bond donors (Lipinski definition) is 0. The molecule has 30 heavy (non-hydrogen) atoms. The van der Waals surface area contributed by atoms with Crippen LogP contribution in [0.5, 0.6) is 0 Å². The van der Waals surface area contributed by atoms with E-state index in [2.05, 4.69) is 13.8 Å². The Morgan fingerprint density at radius 3 is 2.67 bits per heavy atom. The number of carbonyl (C=O) groups is 1. The van der Waals surface area contributed by atoms with E-state index in [9.17, 15) is 9.59 Å². The number of amides is 1. The molecule has 1 unspecified atom stereocenters. The Balaban J connectivity index is 1.73. The summed E-state index contributed by atoms with van der Waals surface area (Å²) in [5.41, 5.74) is 0.979. The average molecular weight is 462 g/mol. The number of hydrogen-bond acceptors (Lipinski definition) is 6. The van der Waals surface area contributed by atoms with Crippen molar-refractivity contribution >= 4 is 50.6 Å². The highest BCUT2D eigenvalue weighted by Gasteiger charge is 2.26. The molecule has 0 radical (unpaired) electrons. The highest BCUT2D eigenvalue weighted by atomic mass is 32.2. The van der Waals surface area contributed by atoms with Crippen LogP contribution in [0.2, 0.25) is 0 Å². The molecule has 1 fully saturated rings. The molecule has 3 aromatic heterocycles. The molecule has 1 atom stereocenters. The van der Waals surface area contributed by atoms with E-state index >= 15 is 0 Å². The van der Waals surface area contributed by atoms with Gasteiger partial charge >= 0.3 is 0 Å². The van der Waals surface area contributed by atoms with Crippen molar-refractivity contribution in [3.8, 4) is 10.4 Å². The predicted octanol–water partition coefficient (Wildman–Crippen LogP) is 5.34. The van der Waals surface area contributed by atoms with Gasteiger partial charge in [-0.2, -0.15) is 0 Å². The minimum atomic E-state index is -0.255. The molecule has 1 saturated heterocycles. The average Bonchev–Trinajstić information content (AvgIpc) is 3.47. The zero-order chi connectivity index (χ0) is 21.3. The van der Waals surface area contributed by atoms with Crippen LogP contribution in [0.15, 0.2) is 32.8 Å². The molecule has 8 heteroatoms. The van der Waals surface area contributed by atoms with Crippen LogP contribution in [0, 0.1) is 5.92 Å². The molecular weight excluding hydrogens is 434 g/mol. The lowest BCUT2D eigenvalue weighted by Crippen LogP contribution is -2.34. The molecule has 0 spiro atoms. The van der Waals surface area contributed by atoms with Crippen molar-refractivity contribution < 1.29 is 4.79 Å². The van der Waals surface area contributed by atoms with Crippen molar-refractivity contribution in [1.29, 1.82) is 0 Å². The van der Waals surface area contributed by atoms with E-state index in [0.717, 1.165) is 47.6 Å². The first kappa shape index (κ1) is 21.6. The molecule has 0 aromatic carbocycles. The normalized spacial score (nSPS) is 15.4. The fourth-order valence-electron chi connectivity index (χ4n) is 3.70. The summed E-state index contributed by atoms with van der Waals surface area (Å²) in [6.45, 7) is 8.54. The van der Waals surface area contributed by atoms with Crippen LogP contribution < -0.4 is 5.56 Å². The first-order chi connectivity index (χ1) is 14.5. The molecule has 1 aliphatic rings. The second-order valence-electron chi connectivity index (χ2n) is 8.13. The summed E-state index contributed by atoms with van der Waals surface area (Å²) in [4.78, 5) is 35.1. The van der Waals surface area contributed by atoms with Gasteiger partial charge in [0.05, 0.1) is 10.6 Å². The van der Waals surface area contributed by atoms with E-state index in [1.54, 1.807) is 15.9 Å². The Labute approximate surface area is 189 Å². The molecule has 0 saturated carbocycles. The molecule has 5 nitrogen and oxygen atoms in total. The van der Waals surface area contributed by atoms with Gasteiger partial charge in [0.2, 0.25) is 5.91 Å². The van der Waals surface area contributed by atoms with Crippen LogP contribution in [0.25, 0.3) is 20.7 Å². The van der Waals surface area contributed by atoms with Gasteiger partial charge < -0.3 is 4.90 Å². The van der Waals surface area contributed by atoms with E-state index in [1.165, 1.54) is 23.1 Å². The lowest BCUT2D eigenvalue weighted by molar-refractivity contribution is -0.129. The predicted molar refractivity (Wildman–Crippen MR) is 128 cm³/mol. The summed E-state index contributed by atoms with van der Waals surface area (Å²) in [5, 5.41) is 5.17. The van der Waals surface area contributed by atoms with Crippen LogP contribution in [-0.4, -0.2) is 38.7 Å². The Kier molecular flexibility index (Phi) is 6.65. The molecule has 4 heterocycles. The summed E-state index contributed by atoms with van der Waals surface area (Å²) in [5.74, 6) is 0.626. The SMILES string of the molecule is CC(C)CCn1c(SC(C)C(=O)N2CCCC2)nc2scc(-c3cccs3)c2c1=O. The van der Waals surface area contributed by atoms with E-state index < -0.39 is 0 Å². The lowest BCUT2D eigenvalue weighted by Gasteiger charge is -2.21. The van der Waals surface area contributed by atoms with Crippen molar-refractivity contribution in [3.05, 3.63) is 33.2 Å². The molecule has 1 amide bonds. The minimum absolute atomic E-state index is 0.00798. The Morgan fingerprint density at radius 2 is 2.00 bits per heavy atom. The van der Waals surface area contributed by atoms with E-state index in [-0.39, 0.29) is 16.7 Å². The molecule has 160 valence electrons. The van der Waals surface area contributed by atoms with Crippen LogP contribution in [-0.2, 0) is 11.3 Å². The monoisotopic (exact) mass is 461 g/mol. The molecular formula is C22H27N3O2S3. The molecule has 1 aliphatic heterocycles. The fraction of sp³-hybridized carbons (Fsp3) is 0.500. The maximum atomic E-state index is 13.6. The molecule has 0 N–H and O–H groups in total. The number of fused-ring (bicyclic) bond motifs is 1. The third kappa shape index (κ3) is 4.36. The van der Waals surface area contributed by atoms with Crippen molar-refractivity contribution in [2.75, 3.05) is 13.1 Å². The summed E-state index contributed by atoms with van der Waals surface area (Å²) >= 11 is 4.57. The largest absolute Gasteiger partial charge is 0.342 e. The highest BCUT2D eigenvalue weighted by Crippen LogP contribution is 2.35. The second-order valence-corrected chi connectivity index (χ2v) is 11.2. The number of likely N-dealkylation sites (tertiary alicyclic amines) is 1. The van der Waals surface area contributed by atoms with Gasteiger partial charge in [-0.15, -0.1) is 22.7 Å². The number of aromatic nitrogens is 2. The third-order valence-electron chi connectivity index (χ3n) is 5.42. The highest BCUT2D eigenvalue weighted by molar-refractivity contribution is 8.00. The van der Waals surface area contributed by atoms with Gasteiger partial charge in [0.1, 0.15) is 4.83 Å². The Morgan fingerprint density at radius 1 is 1.23 bits per heavy atom. The summed E-state index contributed by atoms with van der Waals surface area (Å²) in [7, 11) is 0. The number of nitrogens with zero attached hydrogens (tertiary/aromatic N) is 3. The molecule has 0 aliphatic carbocycles. The van der Waals surface area contributed by atoms with Gasteiger partial charge in [-0.25, -0.2) is 4.98 Å². The number of thioether (sulfide) groups is 1. The molecule has 3 aromatic rings. The van der Waals surface area contributed by atoms with Gasteiger partial charge in [-0.1, -0.05) is 31.7 Å². The zero-order valence-electron chi connectivity index (χ0n) is 17.6. The topological polar surface area (TPSA) is 55.2 Å². The van der Waals surface area contributed by atoms with Crippen molar-refractivity contribution in [1.82, 2.24) is 14.5 Å². The van der Waals surface area contributed by atoms with Gasteiger partial charge in [0.15, 0.2) is 5.16 Å². The van der Waals surface area contributed by atoms with Gasteiger partial charge in [0, 0.05) is 35.5 Å². The van der Waals surface area contributed by atoms with Crippen molar-refractivity contribution in [3.63, 3.8) is 0 Å². The van der Waals surface area contributed by atoms with Crippen LogP contribution in [0.1, 0.15) is 40.0 Å². The Hall–Kier alpha value is -1.64. The van der Waals surface area contributed by atoms with E-state index in [4.69, 9.17) is 4.98 Å². The number of rotatable bonds is 7. The first-order valence-corrected chi connectivity index (χ1v) is 13.1. The smallest absolute Gasteiger partial charge is 0.263 e. The minimum Gasteiger partial charge on any atom is -0.342 e. The quantitative estimate of drug-likeness (QED) is 0.352. The van der Waals surface area contributed by atoms with Crippen molar-refractivity contribution in [2.24, 2.45) is 5.92 Å². The van der Waals surface area contributed by atoms with Gasteiger partial charge in [0.25, 0.3) is 5.56 Å². The maximum absolute atomic E-state index is 13.6. The standard InChI is InChI=1S/C22H27N3O2S3/c1-14(2)8-11-25-21(27)18-16(17-7-6-12-28-17)13-29-19(18)23-22(25)30-15(3)20(26)24-9-4-5-10-24/h6-7,12-15H,4-5,8-11H2,1-3H3. The van der Waals surface area contributed by atoms with Crippen LogP contribution >= 0.6 is 34.4 Å². The van der Waals surface area contributed by atoms with Gasteiger partial charge in [-0.05, 0) is 43.6 Å². The maximum Gasteiger partial charge on any atom is 0.263 e.